The number of aryl methyl sites for hydroxylation is 1. The number of carbonyl (C=O) groups excluding carboxylic acids is 1. The molecular formula is C23H29NO. The van der Waals surface area contributed by atoms with Gasteiger partial charge in [-0.2, -0.15) is 0 Å². The number of carbonyl (C=O) groups is 1. The Kier molecular flexibility index (Phi) is 5.47. The van der Waals surface area contributed by atoms with E-state index in [1.54, 1.807) is 7.05 Å². The first-order chi connectivity index (χ1) is 12.1. The molecule has 2 unspecified atom stereocenters. The first-order valence-corrected chi connectivity index (χ1v) is 9.23. The van der Waals surface area contributed by atoms with Crippen molar-refractivity contribution in [2.45, 2.75) is 45.4 Å². The predicted molar refractivity (Wildman–Crippen MR) is 107 cm³/mol. The lowest BCUT2D eigenvalue weighted by atomic mass is 9.75. The van der Waals surface area contributed by atoms with Gasteiger partial charge < -0.3 is 0 Å². The summed E-state index contributed by atoms with van der Waals surface area (Å²) in [6.07, 6.45) is 4.29. The molecule has 25 heavy (non-hydrogen) atoms. The molecule has 2 aromatic rings. The highest BCUT2D eigenvalue weighted by atomic mass is 16.1. The summed E-state index contributed by atoms with van der Waals surface area (Å²) >= 11 is 0. The van der Waals surface area contributed by atoms with Crippen LogP contribution in [0.25, 0.3) is 0 Å². The van der Waals surface area contributed by atoms with Crippen molar-refractivity contribution >= 4 is 11.5 Å². The Morgan fingerprint density at radius 2 is 1.88 bits per heavy atom. The van der Waals surface area contributed by atoms with Crippen molar-refractivity contribution in [3.63, 3.8) is 0 Å². The topological polar surface area (TPSA) is 29.4 Å². The summed E-state index contributed by atoms with van der Waals surface area (Å²) < 4.78 is 0. The van der Waals surface area contributed by atoms with Gasteiger partial charge in [-0.25, -0.2) is 0 Å². The summed E-state index contributed by atoms with van der Waals surface area (Å²) in [4.78, 5) is 17.4. The zero-order valence-corrected chi connectivity index (χ0v) is 15.5. The van der Waals surface area contributed by atoms with Gasteiger partial charge in [0.1, 0.15) is 0 Å². The SMILES string of the molecule is CN=C(C)c1cc(C(=O)C2CCCC(c3ccccc3)C2)ccc1C.[HH]. The van der Waals surface area contributed by atoms with Gasteiger partial charge in [-0.05, 0) is 61.8 Å². The number of rotatable bonds is 4. The fourth-order valence-corrected chi connectivity index (χ4v) is 3.98. The molecule has 0 aliphatic heterocycles. The number of hydrogen-bond acceptors (Lipinski definition) is 2. The lowest BCUT2D eigenvalue weighted by molar-refractivity contribution is 0.0881. The van der Waals surface area contributed by atoms with Crippen molar-refractivity contribution in [2.24, 2.45) is 10.9 Å². The van der Waals surface area contributed by atoms with Crippen molar-refractivity contribution in [1.82, 2.24) is 0 Å². The number of hydrogen-bond donors (Lipinski definition) is 0. The largest absolute Gasteiger partial charge is 0.294 e. The quantitative estimate of drug-likeness (QED) is 0.510. The van der Waals surface area contributed by atoms with Crippen LogP contribution >= 0.6 is 0 Å². The molecule has 2 aromatic carbocycles. The van der Waals surface area contributed by atoms with E-state index in [0.717, 1.165) is 36.1 Å². The molecule has 0 aromatic heterocycles. The van der Waals surface area contributed by atoms with Gasteiger partial charge in [0, 0.05) is 25.7 Å². The van der Waals surface area contributed by atoms with Crippen molar-refractivity contribution < 1.29 is 6.22 Å². The molecule has 1 aliphatic carbocycles. The van der Waals surface area contributed by atoms with Crippen LogP contribution in [0.1, 0.15) is 67.0 Å². The van der Waals surface area contributed by atoms with Gasteiger partial charge in [0.25, 0.3) is 0 Å². The van der Waals surface area contributed by atoms with Crippen LogP contribution in [0, 0.1) is 12.8 Å². The molecule has 1 saturated carbocycles. The van der Waals surface area contributed by atoms with Gasteiger partial charge in [-0.15, -0.1) is 0 Å². The van der Waals surface area contributed by atoms with Gasteiger partial charge in [-0.1, -0.05) is 48.9 Å². The molecule has 0 spiro atoms. The number of nitrogens with zero attached hydrogens (tertiary/aromatic N) is 1. The summed E-state index contributed by atoms with van der Waals surface area (Å²) in [6, 6.07) is 16.7. The zero-order chi connectivity index (χ0) is 17.8. The maximum atomic E-state index is 13.1. The van der Waals surface area contributed by atoms with E-state index >= 15 is 0 Å². The lowest BCUT2D eigenvalue weighted by Gasteiger charge is -2.28. The smallest absolute Gasteiger partial charge is 0.165 e. The minimum Gasteiger partial charge on any atom is -0.294 e. The summed E-state index contributed by atoms with van der Waals surface area (Å²) in [7, 11) is 1.80. The maximum Gasteiger partial charge on any atom is 0.165 e. The highest BCUT2D eigenvalue weighted by Crippen LogP contribution is 2.37. The van der Waals surface area contributed by atoms with Gasteiger partial charge in [-0.3, -0.25) is 9.79 Å². The van der Waals surface area contributed by atoms with Gasteiger partial charge in [0.15, 0.2) is 5.78 Å². The molecule has 2 atom stereocenters. The van der Waals surface area contributed by atoms with E-state index in [4.69, 9.17) is 0 Å². The van der Waals surface area contributed by atoms with E-state index in [1.165, 1.54) is 17.5 Å². The van der Waals surface area contributed by atoms with Crippen LogP contribution in [0.2, 0.25) is 0 Å². The van der Waals surface area contributed by atoms with Crippen molar-refractivity contribution in [1.29, 1.82) is 0 Å². The summed E-state index contributed by atoms with van der Waals surface area (Å²) in [5, 5.41) is 0. The second-order valence-electron chi connectivity index (χ2n) is 7.17. The third-order valence-electron chi connectivity index (χ3n) is 5.56. The zero-order valence-electron chi connectivity index (χ0n) is 15.5. The fourth-order valence-electron chi connectivity index (χ4n) is 3.98. The van der Waals surface area contributed by atoms with Crippen LogP contribution in [-0.2, 0) is 0 Å². The van der Waals surface area contributed by atoms with Crippen molar-refractivity contribution in [3.05, 3.63) is 70.8 Å². The normalized spacial score (nSPS) is 21.2. The summed E-state index contributed by atoms with van der Waals surface area (Å²) in [5.41, 5.74) is 5.45. The van der Waals surface area contributed by atoms with Gasteiger partial charge in [0.05, 0.1) is 0 Å². The molecular weight excluding hydrogens is 306 g/mol. The van der Waals surface area contributed by atoms with Crippen molar-refractivity contribution in [2.75, 3.05) is 7.05 Å². The number of aliphatic imine (C=N–C) groups is 1. The molecule has 3 rings (SSSR count). The standard InChI is InChI=1S/C23H27NO.H2/c1-16-12-13-21(15-22(16)17(2)24-3)23(25)20-11-7-10-19(14-20)18-8-5-4-6-9-18;/h4-6,8-9,12-13,15,19-20H,7,10-11,14H2,1-3H3;1H. The molecule has 0 heterocycles. The summed E-state index contributed by atoms with van der Waals surface area (Å²) in [6.45, 7) is 4.08. The average molecular weight is 335 g/mol. The molecule has 2 nitrogen and oxygen atoms in total. The first-order valence-electron chi connectivity index (χ1n) is 9.23. The Hall–Kier alpha value is -2.22. The van der Waals surface area contributed by atoms with Gasteiger partial charge in [0.2, 0.25) is 0 Å². The highest BCUT2D eigenvalue weighted by molar-refractivity contribution is 6.04. The van der Waals surface area contributed by atoms with Crippen LogP contribution in [0.4, 0.5) is 0 Å². The molecule has 132 valence electrons. The minimum atomic E-state index is 0. The van der Waals surface area contributed by atoms with E-state index < -0.39 is 0 Å². The van der Waals surface area contributed by atoms with Gasteiger partial charge >= 0.3 is 0 Å². The monoisotopic (exact) mass is 335 g/mol. The van der Waals surface area contributed by atoms with E-state index in [0.29, 0.717) is 11.7 Å². The third kappa shape index (κ3) is 3.89. The molecule has 0 radical (unpaired) electrons. The predicted octanol–water partition coefficient (Wildman–Crippen LogP) is 5.84. The molecule has 0 saturated heterocycles. The Labute approximate surface area is 152 Å². The molecule has 1 aliphatic rings. The molecule has 0 bridgehead atoms. The van der Waals surface area contributed by atoms with Crippen LogP contribution < -0.4 is 0 Å². The van der Waals surface area contributed by atoms with Crippen LogP contribution in [0.15, 0.2) is 53.5 Å². The molecule has 1 fully saturated rings. The third-order valence-corrected chi connectivity index (χ3v) is 5.56. The van der Waals surface area contributed by atoms with E-state index in [9.17, 15) is 4.79 Å². The van der Waals surface area contributed by atoms with Crippen LogP contribution in [-0.4, -0.2) is 18.5 Å². The lowest BCUT2D eigenvalue weighted by Crippen LogP contribution is -2.22. The Bertz CT molecular complexity index is 782. The van der Waals surface area contributed by atoms with Crippen LogP contribution in [0.3, 0.4) is 0 Å². The fraction of sp³-hybridized carbons (Fsp3) is 0.391. The molecule has 2 heteroatoms. The summed E-state index contributed by atoms with van der Waals surface area (Å²) in [5.74, 6) is 0.937. The number of benzene rings is 2. The second-order valence-corrected chi connectivity index (χ2v) is 7.17. The van der Waals surface area contributed by atoms with Crippen LogP contribution in [0.5, 0.6) is 0 Å². The number of ketones is 1. The maximum absolute atomic E-state index is 13.1. The Morgan fingerprint density at radius 3 is 2.60 bits per heavy atom. The Morgan fingerprint density at radius 1 is 1.12 bits per heavy atom. The molecule has 0 amide bonds. The Balaban J connectivity index is 0.00000243. The average Bonchev–Trinajstić information content (AvgIpc) is 2.68. The van der Waals surface area contributed by atoms with E-state index in [1.807, 2.05) is 19.1 Å². The second kappa shape index (κ2) is 7.77. The molecule has 0 N–H and O–H groups in total. The van der Waals surface area contributed by atoms with E-state index in [-0.39, 0.29) is 7.34 Å². The van der Waals surface area contributed by atoms with Crippen molar-refractivity contribution in [3.8, 4) is 0 Å². The first kappa shape index (κ1) is 17.6. The van der Waals surface area contributed by atoms with E-state index in [2.05, 4.69) is 48.3 Å². The minimum absolute atomic E-state index is 0. The highest BCUT2D eigenvalue weighted by Gasteiger charge is 2.28. The number of Topliss-reactive ketones (excluding diaryl/α,β-unsaturated/α-hetero) is 1.